The number of hydrazone groups is 1. The molecule has 8 nitrogen and oxygen atoms in total. The Morgan fingerprint density at radius 3 is 2.23 bits per heavy atom. The minimum absolute atomic E-state index is 0.354. The molecule has 0 saturated carbocycles. The lowest BCUT2D eigenvalue weighted by Crippen LogP contribution is -2.46. The Balaban J connectivity index is 1.34. The van der Waals surface area contributed by atoms with Crippen LogP contribution >= 0.6 is 0 Å². The third-order valence-electron chi connectivity index (χ3n) is 5.98. The third kappa shape index (κ3) is 7.36. The Labute approximate surface area is 228 Å². The number of ether oxygens (including phenoxy) is 2. The summed E-state index contributed by atoms with van der Waals surface area (Å²) in [7, 11) is -3.74. The Morgan fingerprint density at radius 1 is 0.923 bits per heavy atom. The van der Waals surface area contributed by atoms with Gasteiger partial charge in [-0.1, -0.05) is 36.4 Å². The number of hydrogen-bond acceptors (Lipinski definition) is 6. The van der Waals surface area contributed by atoms with Gasteiger partial charge in [0.15, 0.2) is 0 Å². The zero-order chi connectivity index (χ0) is 27.8. The Bertz CT molecular complexity index is 1550. The number of carbonyl (C=O) groups is 1. The number of nitrogens with zero attached hydrogens (tertiary/aromatic N) is 2. The third-order valence-corrected chi connectivity index (χ3v) is 7.22. The number of fused-ring (bicyclic) bond motifs is 1. The summed E-state index contributed by atoms with van der Waals surface area (Å²) in [6.07, 6.45) is 2.54. The van der Waals surface area contributed by atoms with Crippen molar-refractivity contribution >= 4 is 38.6 Å². The summed E-state index contributed by atoms with van der Waals surface area (Å²) in [5.41, 5.74) is 4.60. The van der Waals surface area contributed by atoms with E-state index in [2.05, 4.69) is 34.8 Å². The number of anilines is 1. The van der Waals surface area contributed by atoms with Crippen LogP contribution in [0.1, 0.15) is 25.0 Å². The smallest absolute Gasteiger partial charge is 0.263 e. The fourth-order valence-electron chi connectivity index (χ4n) is 4.07. The van der Waals surface area contributed by atoms with Crippen LogP contribution in [-0.2, 0) is 21.4 Å². The van der Waals surface area contributed by atoms with Crippen LogP contribution in [0, 0.1) is 0 Å². The molecule has 1 atom stereocenters. The highest BCUT2D eigenvalue weighted by Crippen LogP contribution is 2.24. The van der Waals surface area contributed by atoms with Gasteiger partial charge in [0.1, 0.15) is 24.1 Å². The van der Waals surface area contributed by atoms with Crippen molar-refractivity contribution in [3.63, 3.8) is 0 Å². The Hall–Kier alpha value is -4.37. The van der Waals surface area contributed by atoms with Crippen molar-refractivity contribution in [2.45, 2.75) is 26.5 Å². The van der Waals surface area contributed by atoms with E-state index in [0.717, 1.165) is 21.7 Å². The molecule has 0 aliphatic carbocycles. The van der Waals surface area contributed by atoms with Gasteiger partial charge in [-0.25, -0.2) is 13.8 Å². The number of nitrogens with one attached hydrogen (secondary N) is 1. The molecule has 4 aromatic carbocycles. The molecule has 0 aliphatic rings. The van der Waals surface area contributed by atoms with Crippen LogP contribution < -0.4 is 19.2 Å². The van der Waals surface area contributed by atoms with Crippen LogP contribution in [0.5, 0.6) is 11.5 Å². The SMILES string of the molecule is CCOc1ccc(N([C@@H](C)C(=O)N/N=C\c2ccc(OCc3ccc4ccccc4c3)cc2)S(C)(=O)=O)cc1. The monoisotopic (exact) mass is 545 g/mol. The minimum Gasteiger partial charge on any atom is -0.494 e. The van der Waals surface area contributed by atoms with Gasteiger partial charge in [-0.05, 0) is 90.3 Å². The van der Waals surface area contributed by atoms with Crippen LogP contribution in [0.15, 0.2) is 96.1 Å². The molecule has 0 aromatic heterocycles. The molecule has 0 bridgehead atoms. The first kappa shape index (κ1) is 27.7. The molecular formula is C30H31N3O5S. The molecule has 39 heavy (non-hydrogen) atoms. The van der Waals surface area contributed by atoms with E-state index in [4.69, 9.17) is 9.47 Å². The highest BCUT2D eigenvalue weighted by molar-refractivity contribution is 7.92. The largest absolute Gasteiger partial charge is 0.494 e. The molecule has 1 N–H and O–H groups in total. The highest BCUT2D eigenvalue weighted by atomic mass is 32.2. The molecule has 4 rings (SSSR count). The molecule has 202 valence electrons. The maximum Gasteiger partial charge on any atom is 0.263 e. The van der Waals surface area contributed by atoms with Crippen molar-refractivity contribution < 1.29 is 22.7 Å². The van der Waals surface area contributed by atoms with Crippen LogP contribution in [0.4, 0.5) is 5.69 Å². The van der Waals surface area contributed by atoms with E-state index >= 15 is 0 Å². The number of hydrogen-bond donors (Lipinski definition) is 1. The standard InChI is InChI=1S/C30H31N3O5S/c1-4-37-28-17-13-27(14-18-28)33(39(3,35)36)22(2)30(34)32-31-20-23-10-15-29(16-11-23)38-21-24-9-12-25-7-5-6-8-26(25)19-24/h5-20,22H,4,21H2,1-3H3,(H,32,34)/b31-20-/t22-/m0/s1. The minimum atomic E-state index is -3.74. The molecule has 0 fully saturated rings. The fourth-order valence-corrected chi connectivity index (χ4v) is 5.25. The number of carbonyl (C=O) groups excluding carboxylic acids is 1. The van der Waals surface area contributed by atoms with Gasteiger partial charge >= 0.3 is 0 Å². The molecule has 0 heterocycles. The molecule has 0 radical (unpaired) electrons. The van der Waals surface area contributed by atoms with Crippen molar-refractivity contribution in [3.05, 3.63) is 102 Å². The first-order valence-corrected chi connectivity index (χ1v) is 14.3. The molecule has 9 heteroatoms. The maximum absolute atomic E-state index is 12.7. The fraction of sp³-hybridized carbons (Fsp3) is 0.200. The van der Waals surface area contributed by atoms with Gasteiger partial charge in [0.05, 0.1) is 24.8 Å². The number of sulfonamides is 1. The highest BCUT2D eigenvalue weighted by Gasteiger charge is 2.29. The topological polar surface area (TPSA) is 97.3 Å². The number of rotatable bonds is 11. The van der Waals surface area contributed by atoms with Crippen molar-refractivity contribution in [2.75, 3.05) is 17.2 Å². The van der Waals surface area contributed by atoms with Crippen molar-refractivity contribution in [1.82, 2.24) is 5.43 Å². The molecule has 4 aromatic rings. The van der Waals surface area contributed by atoms with Gasteiger partial charge in [0, 0.05) is 0 Å². The van der Waals surface area contributed by atoms with E-state index in [1.54, 1.807) is 24.3 Å². The van der Waals surface area contributed by atoms with Crippen LogP contribution in [-0.4, -0.2) is 39.4 Å². The van der Waals surface area contributed by atoms with E-state index < -0.39 is 22.0 Å². The molecule has 0 saturated heterocycles. The predicted molar refractivity (Wildman–Crippen MR) is 155 cm³/mol. The second kappa shape index (κ2) is 12.4. The van der Waals surface area contributed by atoms with E-state index in [-0.39, 0.29) is 0 Å². The van der Waals surface area contributed by atoms with E-state index in [0.29, 0.717) is 30.4 Å². The van der Waals surface area contributed by atoms with Gasteiger partial charge in [0.2, 0.25) is 10.0 Å². The lowest BCUT2D eigenvalue weighted by Gasteiger charge is -2.27. The molecule has 0 unspecified atom stereocenters. The summed E-state index contributed by atoms with van der Waals surface area (Å²) in [6, 6.07) is 27.2. The van der Waals surface area contributed by atoms with Crippen molar-refractivity contribution in [3.8, 4) is 11.5 Å². The quantitative estimate of drug-likeness (QED) is 0.208. The lowest BCUT2D eigenvalue weighted by atomic mass is 10.1. The second-order valence-corrected chi connectivity index (χ2v) is 10.8. The van der Waals surface area contributed by atoms with Crippen molar-refractivity contribution in [1.29, 1.82) is 0 Å². The van der Waals surface area contributed by atoms with E-state index in [9.17, 15) is 13.2 Å². The van der Waals surface area contributed by atoms with E-state index in [1.165, 1.54) is 23.9 Å². The van der Waals surface area contributed by atoms with Gasteiger partial charge in [-0.2, -0.15) is 5.10 Å². The summed E-state index contributed by atoms with van der Waals surface area (Å²) in [5, 5.41) is 6.36. The Kier molecular flexibility index (Phi) is 8.83. The van der Waals surface area contributed by atoms with Gasteiger partial charge < -0.3 is 9.47 Å². The number of amides is 1. The summed E-state index contributed by atoms with van der Waals surface area (Å²) < 4.78 is 37.3. The first-order valence-electron chi connectivity index (χ1n) is 12.5. The predicted octanol–water partition coefficient (Wildman–Crippen LogP) is 5.12. The zero-order valence-electron chi connectivity index (χ0n) is 22.1. The van der Waals surface area contributed by atoms with E-state index in [1.807, 2.05) is 49.4 Å². The molecule has 1 amide bonds. The first-order chi connectivity index (χ1) is 18.7. The van der Waals surface area contributed by atoms with Crippen LogP contribution in [0.25, 0.3) is 10.8 Å². The molecular weight excluding hydrogens is 514 g/mol. The Morgan fingerprint density at radius 2 is 1.56 bits per heavy atom. The zero-order valence-corrected chi connectivity index (χ0v) is 22.9. The molecule has 0 spiro atoms. The lowest BCUT2D eigenvalue weighted by molar-refractivity contribution is -0.121. The van der Waals surface area contributed by atoms with Gasteiger partial charge in [-0.3, -0.25) is 9.10 Å². The van der Waals surface area contributed by atoms with Gasteiger partial charge in [0.25, 0.3) is 5.91 Å². The summed E-state index contributed by atoms with van der Waals surface area (Å²) in [5.74, 6) is 0.750. The summed E-state index contributed by atoms with van der Waals surface area (Å²) in [4.78, 5) is 12.7. The average molecular weight is 546 g/mol. The second-order valence-electron chi connectivity index (χ2n) is 8.94. The van der Waals surface area contributed by atoms with Gasteiger partial charge in [-0.15, -0.1) is 0 Å². The normalized spacial score (nSPS) is 12.3. The average Bonchev–Trinajstić information content (AvgIpc) is 2.93. The van der Waals surface area contributed by atoms with Crippen LogP contribution in [0.2, 0.25) is 0 Å². The van der Waals surface area contributed by atoms with Crippen LogP contribution in [0.3, 0.4) is 0 Å². The summed E-state index contributed by atoms with van der Waals surface area (Å²) >= 11 is 0. The maximum atomic E-state index is 12.7. The number of benzene rings is 4. The van der Waals surface area contributed by atoms with Crippen molar-refractivity contribution in [2.24, 2.45) is 5.10 Å². The molecule has 0 aliphatic heterocycles. The summed E-state index contributed by atoms with van der Waals surface area (Å²) in [6.45, 7) is 4.30.